The van der Waals surface area contributed by atoms with Crippen molar-refractivity contribution in [2.45, 2.75) is 0 Å². The third kappa shape index (κ3) is 3.72. The molecule has 5 aromatic rings. The molecule has 0 saturated carbocycles. The summed E-state index contributed by atoms with van der Waals surface area (Å²) < 4.78 is 1.15. The van der Waals surface area contributed by atoms with E-state index < -0.39 is 5.56 Å². The van der Waals surface area contributed by atoms with Crippen molar-refractivity contribution in [2.24, 2.45) is 0 Å². The van der Waals surface area contributed by atoms with Crippen molar-refractivity contribution in [3.05, 3.63) is 111 Å². The number of rotatable bonds is 4. The number of hydrogen-bond acceptors (Lipinski definition) is 3. The Morgan fingerprint density at radius 3 is 2.52 bits per heavy atom. The summed E-state index contributed by atoms with van der Waals surface area (Å²) in [4.78, 5) is 30.0. The first-order valence-electron chi connectivity index (χ1n) is 9.72. The molecule has 5 rings (SSSR count). The van der Waals surface area contributed by atoms with Gasteiger partial charge in [0.25, 0.3) is 5.56 Å². The first-order valence-corrected chi connectivity index (χ1v) is 10.9. The summed E-state index contributed by atoms with van der Waals surface area (Å²) in [6.07, 6.45) is 3.24. The summed E-state index contributed by atoms with van der Waals surface area (Å²) >= 11 is 7.84. The minimum Gasteiger partial charge on any atom is -0.321 e. The van der Waals surface area contributed by atoms with Gasteiger partial charge < -0.3 is 4.98 Å². The lowest BCUT2D eigenvalue weighted by molar-refractivity contribution is 0.104. The van der Waals surface area contributed by atoms with Crippen molar-refractivity contribution >= 4 is 55.8 Å². The number of pyridine rings is 1. The summed E-state index contributed by atoms with van der Waals surface area (Å²) in [5, 5.41) is 2.40. The van der Waals surface area contributed by atoms with Gasteiger partial charge in [0.2, 0.25) is 0 Å². The number of aromatic amines is 1. The van der Waals surface area contributed by atoms with Gasteiger partial charge in [-0.05, 0) is 53.4 Å². The van der Waals surface area contributed by atoms with Gasteiger partial charge in [-0.1, -0.05) is 60.1 Å². The lowest BCUT2D eigenvalue weighted by Gasteiger charge is -2.11. The van der Waals surface area contributed by atoms with E-state index in [4.69, 9.17) is 11.6 Å². The van der Waals surface area contributed by atoms with E-state index >= 15 is 0 Å². The summed E-state index contributed by atoms with van der Waals surface area (Å²) in [5.41, 5.74) is 1.71. The van der Waals surface area contributed by atoms with Crippen molar-refractivity contribution in [2.75, 3.05) is 0 Å². The third-order valence-corrected chi connectivity index (χ3v) is 6.45. The first-order chi connectivity index (χ1) is 15.1. The Morgan fingerprint density at radius 2 is 1.71 bits per heavy atom. The fourth-order valence-electron chi connectivity index (χ4n) is 3.73. The zero-order chi connectivity index (χ0) is 21.4. The van der Waals surface area contributed by atoms with E-state index in [1.54, 1.807) is 35.6 Å². The standard InChI is InChI=1S/C26H16ClNO2S/c27-18-10-12-21-20(15-18)24(16-6-2-1-3-7-16)25(26(30)28-21)22(29)13-11-19-14-17-8-4-5-9-23(17)31-19/h1-15H,(H,28,30). The van der Waals surface area contributed by atoms with Crippen LogP contribution in [0, 0.1) is 0 Å². The molecule has 2 heterocycles. The van der Waals surface area contributed by atoms with Crippen LogP contribution in [0.5, 0.6) is 0 Å². The van der Waals surface area contributed by atoms with Crippen molar-refractivity contribution in [1.82, 2.24) is 4.98 Å². The summed E-state index contributed by atoms with van der Waals surface area (Å²) in [5.74, 6) is -0.348. The van der Waals surface area contributed by atoms with Gasteiger partial charge in [0.05, 0.1) is 5.56 Å². The fraction of sp³-hybridized carbons (Fsp3) is 0. The maximum absolute atomic E-state index is 13.2. The van der Waals surface area contributed by atoms with Crippen molar-refractivity contribution < 1.29 is 4.79 Å². The quantitative estimate of drug-likeness (QED) is 0.242. The van der Waals surface area contributed by atoms with Crippen molar-refractivity contribution in [3.63, 3.8) is 0 Å². The normalized spacial score (nSPS) is 11.5. The van der Waals surface area contributed by atoms with Crippen LogP contribution < -0.4 is 5.56 Å². The van der Waals surface area contributed by atoms with Crippen LogP contribution in [0.25, 0.3) is 38.2 Å². The molecule has 5 heteroatoms. The minimum absolute atomic E-state index is 0.110. The smallest absolute Gasteiger partial charge is 0.260 e. The van der Waals surface area contributed by atoms with Gasteiger partial charge in [0.15, 0.2) is 5.78 Å². The van der Waals surface area contributed by atoms with E-state index in [0.29, 0.717) is 16.1 Å². The Labute approximate surface area is 187 Å². The maximum atomic E-state index is 13.2. The van der Waals surface area contributed by atoms with Crippen LogP contribution in [0.2, 0.25) is 5.02 Å². The summed E-state index contributed by atoms with van der Waals surface area (Å²) in [6, 6.07) is 24.8. The monoisotopic (exact) mass is 441 g/mol. The number of hydrogen-bond donors (Lipinski definition) is 1. The molecule has 0 radical (unpaired) electrons. The van der Waals surface area contributed by atoms with Gasteiger partial charge in [-0.3, -0.25) is 9.59 Å². The van der Waals surface area contributed by atoms with Gasteiger partial charge in [0.1, 0.15) is 0 Å². The van der Waals surface area contributed by atoms with Crippen LogP contribution >= 0.6 is 22.9 Å². The molecule has 0 unspecified atom stereocenters. The highest BCUT2D eigenvalue weighted by atomic mass is 35.5. The van der Waals surface area contributed by atoms with Crippen molar-refractivity contribution in [3.8, 4) is 11.1 Å². The molecule has 0 atom stereocenters. The van der Waals surface area contributed by atoms with Crippen LogP contribution in [0.3, 0.4) is 0 Å². The summed E-state index contributed by atoms with van der Waals surface area (Å²) in [6.45, 7) is 0. The first kappa shape index (κ1) is 19.5. The fourth-order valence-corrected chi connectivity index (χ4v) is 4.87. The molecule has 0 fully saturated rings. The van der Waals surface area contributed by atoms with Gasteiger partial charge in [-0.2, -0.15) is 0 Å². The summed E-state index contributed by atoms with van der Waals surface area (Å²) in [7, 11) is 0. The molecule has 0 saturated heterocycles. The van der Waals surface area contributed by atoms with Crippen molar-refractivity contribution in [1.29, 1.82) is 0 Å². The Hall–Kier alpha value is -3.47. The van der Waals surface area contributed by atoms with E-state index in [-0.39, 0.29) is 11.3 Å². The highest BCUT2D eigenvalue weighted by Crippen LogP contribution is 2.32. The Bertz CT molecular complexity index is 1500. The molecule has 0 bridgehead atoms. The molecule has 150 valence electrons. The molecule has 0 spiro atoms. The topological polar surface area (TPSA) is 49.9 Å². The molecule has 3 nitrogen and oxygen atoms in total. The van der Waals surface area contributed by atoms with Crippen LogP contribution in [0.15, 0.2) is 89.7 Å². The van der Waals surface area contributed by atoms with Gasteiger partial charge in [-0.15, -0.1) is 11.3 Å². The number of ketones is 1. The molecule has 2 aromatic heterocycles. The van der Waals surface area contributed by atoms with Crippen LogP contribution in [0.4, 0.5) is 0 Å². The predicted molar refractivity (Wildman–Crippen MR) is 130 cm³/mol. The van der Waals surface area contributed by atoms with E-state index in [1.165, 1.54) is 6.08 Å². The van der Waals surface area contributed by atoms with Crippen LogP contribution in [-0.4, -0.2) is 10.8 Å². The highest BCUT2D eigenvalue weighted by Gasteiger charge is 2.19. The molecule has 0 aliphatic heterocycles. The molecule has 3 aromatic carbocycles. The number of H-pyrrole nitrogens is 1. The average molecular weight is 442 g/mol. The van der Waals surface area contributed by atoms with E-state index in [2.05, 4.69) is 4.98 Å². The van der Waals surface area contributed by atoms with Gasteiger partial charge >= 0.3 is 0 Å². The second-order valence-electron chi connectivity index (χ2n) is 7.14. The molecule has 31 heavy (non-hydrogen) atoms. The van der Waals surface area contributed by atoms with E-state index in [0.717, 1.165) is 25.9 Å². The number of carbonyl (C=O) groups excluding carboxylic acids is 1. The Kier molecular flexibility index (Phi) is 5.02. The lowest BCUT2D eigenvalue weighted by atomic mass is 9.94. The van der Waals surface area contributed by atoms with E-state index in [9.17, 15) is 9.59 Å². The zero-order valence-electron chi connectivity index (χ0n) is 16.3. The molecule has 0 aliphatic carbocycles. The van der Waals surface area contributed by atoms with Gasteiger partial charge in [0, 0.05) is 31.1 Å². The Morgan fingerprint density at radius 1 is 0.935 bits per heavy atom. The maximum Gasteiger partial charge on any atom is 0.260 e. The zero-order valence-corrected chi connectivity index (χ0v) is 17.8. The van der Waals surface area contributed by atoms with Gasteiger partial charge in [-0.25, -0.2) is 0 Å². The number of halogens is 1. The molecular formula is C26H16ClNO2S. The largest absolute Gasteiger partial charge is 0.321 e. The highest BCUT2D eigenvalue weighted by molar-refractivity contribution is 7.19. The van der Waals surface area contributed by atoms with Crippen LogP contribution in [-0.2, 0) is 0 Å². The average Bonchev–Trinajstić information content (AvgIpc) is 3.20. The predicted octanol–water partition coefficient (Wildman–Crippen LogP) is 6.96. The molecule has 0 aliphatic rings. The van der Waals surface area contributed by atoms with E-state index in [1.807, 2.05) is 60.7 Å². The second-order valence-corrected chi connectivity index (χ2v) is 8.70. The second kappa shape index (κ2) is 7.99. The number of thiophene rings is 1. The number of carbonyl (C=O) groups is 1. The number of allylic oxidation sites excluding steroid dienone is 1. The number of benzene rings is 3. The van der Waals surface area contributed by atoms with Crippen LogP contribution in [0.1, 0.15) is 15.2 Å². The molecule has 0 amide bonds. The molecule has 1 N–H and O–H groups in total. The Balaban J connectivity index is 1.67. The number of aromatic nitrogens is 1. The number of fused-ring (bicyclic) bond motifs is 2. The SMILES string of the molecule is O=C(C=Cc1cc2ccccc2s1)c1c(-c2ccccc2)c2cc(Cl)ccc2[nH]c1=O. The molecular weight excluding hydrogens is 426 g/mol. The number of nitrogens with one attached hydrogen (secondary N) is 1. The third-order valence-electron chi connectivity index (χ3n) is 5.13. The minimum atomic E-state index is -0.417. The lowest BCUT2D eigenvalue weighted by Crippen LogP contribution is -2.18.